The molecule has 8 heteroatoms. The summed E-state index contributed by atoms with van der Waals surface area (Å²) in [5.74, 6) is -1.13. The van der Waals surface area contributed by atoms with Crippen LogP contribution in [0.3, 0.4) is 0 Å². The number of anilines is 1. The highest BCUT2D eigenvalue weighted by Crippen LogP contribution is 2.14. The van der Waals surface area contributed by atoms with Gasteiger partial charge < -0.3 is 4.57 Å². The molecule has 3 aromatic rings. The van der Waals surface area contributed by atoms with Crippen LogP contribution in [0.15, 0.2) is 34.7 Å². The second-order valence-corrected chi connectivity index (χ2v) is 5.18. The maximum absolute atomic E-state index is 13.3. The fraction of sp³-hybridized carbons (Fsp3) is 0.0769. The number of nitrogens with zero attached hydrogens (tertiary/aromatic N) is 3. The average molecular weight is 304 g/mol. The number of aryl methyl sites for hydroxylation is 1. The van der Waals surface area contributed by atoms with E-state index in [2.05, 4.69) is 15.5 Å². The second-order valence-electron chi connectivity index (χ2n) is 4.34. The predicted molar refractivity (Wildman–Crippen MR) is 77.0 cm³/mol. The Bertz CT molecular complexity index is 889. The first kappa shape index (κ1) is 13.4. The number of hydrogen-bond donors (Lipinski definition) is 1. The molecule has 0 atom stereocenters. The van der Waals surface area contributed by atoms with Gasteiger partial charge in [0.1, 0.15) is 16.9 Å². The molecule has 0 bridgehead atoms. The van der Waals surface area contributed by atoms with Crippen LogP contribution < -0.4 is 10.7 Å². The molecule has 0 unspecified atom stereocenters. The number of carbonyl (C=O) groups is 1. The molecule has 0 radical (unpaired) electrons. The summed E-state index contributed by atoms with van der Waals surface area (Å²) in [6.45, 7) is 0. The molecule has 21 heavy (non-hydrogen) atoms. The first-order valence-corrected chi connectivity index (χ1v) is 6.80. The number of pyridine rings is 1. The van der Waals surface area contributed by atoms with E-state index in [9.17, 15) is 14.0 Å². The van der Waals surface area contributed by atoms with Gasteiger partial charge in [-0.3, -0.25) is 14.9 Å². The fourth-order valence-corrected chi connectivity index (χ4v) is 2.46. The van der Waals surface area contributed by atoms with Crippen molar-refractivity contribution in [3.63, 3.8) is 0 Å². The lowest BCUT2D eigenvalue weighted by molar-refractivity contribution is 0.102. The Labute approximate surface area is 121 Å². The zero-order valence-electron chi connectivity index (χ0n) is 10.8. The Hall–Kier alpha value is -2.61. The van der Waals surface area contributed by atoms with Gasteiger partial charge in [-0.1, -0.05) is 11.3 Å². The molecule has 0 aliphatic heterocycles. The number of aromatic nitrogens is 3. The monoisotopic (exact) mass is 304 g/mol. The Morgan fingerprint density at radius 3 is 2.95 bits per heavy atom. The standard InChI is InChI=1S/C13H9FN4O2S/c1-18-5-9(12(20)16-13-17-15-6-21-13)11(19)8-4-7(14)2-3-10(8)18/h2-6H,1H3,(H,16,17,20). The molecule has 1 N–H and O–H groups in total. The molecule has 2 aromatic heterocycles. The van der Waals surface area contributed by atoms with Gasteiger partial charge in [-0.15, -0.1) is 10.2 Å². The van der Waals surface area contributed by atoms with Gasteiger partial charge in [-0.05, 0) is 18.2 Å². The van der Waals surface area contributed by atoms with Crippen LogP contribution in [-0.4, -0.2) is 20.7 Å². The van der Waals surface area contributed by atoms with E-state index >= 15 is 0 Å². The summed E-state index contributed by atoms with van der Waals surface area (Å²) < 4.78 is 14.9. The summed E-state index contributed by atoms with van der Waals surface area (Å²) in [4.78, 5) is 24.5. The molecule has 2 heterocycles. The van der Waals surface area contributed by atoms with Crippen molar-refractivity contribution in [3.8, 4) is 0 Å². The summed E-state index contributed by atoms with van der Waals surface area (Å²) >= 11 is 1.14. The molecule has 6 nitrogen and oxygen atoms in total. The van der Waals surface area contributed by atoms with Crippen LogP contribution in [0.25, 0.3) is 10.9 Å². The molecule has 0 aliphatic carbocycles. The van der Waals surface area contributed by atoms with Crippen molar-refractivity contribution in [2.24, 2.45) is 7.05 Å². The maximum Gasteiger partial charge on any atom is 0.262 e. The van der Waals surface area contributed by atoms with E-state index in [1.54, 1.807) is 11.6 Å². The second kappa shape index (κ2) is 5.06. The molecule has 0 fully saturated rings. The SMILES string of the molecule is Cn1cc(C(=O)Nc2nncs2)c(=O)c2cc(F)ccc21. The summed E-state index contributed by atoms with van der Waals surface area (Å²) in [6.07, 6.45) is 1.42. The van der Waals surface area contributed by atoms with Crippen molar-refractivity contribution >= 4 is 33.3 Å². The van der Waals surface area contributed by atoms with Crippen LogP contribution in [0.1, 0.15) is 10.4 Å². The van der Waals surface area contributed by atoms with Crippen LogP contribution in [-0.2, 0) is 7.05 Å². The Morgan fingerprint density at radius 2 is 2.24 bits per heavy atom. The predicted octanol–water partition coefficient (Wildman–Crippen LogP) is 1.78. The van der Waals surface area contributed by atoms with Gasteiger partial charge in [0.2, 0.25) is 10.6 Å². The molecular weight excluding hydrogens is 295 g/mol. The van der Waals surface area contributed by atoms with E-state index in [1.807, 2.05) is 0 Å². The minimum absolute atomic E-state index is 0.0780. The summed E-state index contributed by atoms with van der Waals surface area (Å²) in [6, 6.07) is 3.89. The van der Waals surface area contributed by atoms with Crippen LogP contribution in [0.4, 0.5) is 9.52 Å². The minimum atomic E-state index is -0.599. The molecule has 0 saturated heterocycles. The highest BCUT2D eigenvalue weighted by atomic mass is 32.1. The van der Waals surface area contributed by atoms with Gasteiger partial charge in [0.15, 0.2) is 0 Å². The minimum Gasteiger partial charge on any atom is -0.350 e. The third-order valence-electron chi connectivity index (χ3n) is 2.98. The van der Waals surface area contributed by atoms with E-state index in [0.29, 0.717) is 10.6 Å². The Morgan fingerprint density at radius 1 is 1.43 bits per heavy atom. The maximum atomic E-state index is 13.3. The van der Waals surface area contributed by atoms with Crippen molar-refractivity contribution in [3.05, 3.63) is 51.5 Å². The largest absolute Gasteiger partial charge is 0.350 e. The number of carbonyl (C=O) groups excluding carboxylic acids is 1. The molecule has 1 aromatic carbocycles. The highest BCUT2D eigenvalue weighted by molar-refractivity contribution is 7.13. The number of benzene rings is 1. The summed E-state index contributed by atoms with van der Waals surface area (Å²) in [5.41, 5.74) is 1.41. The number of amides is 1. The normalized spacial score (nSPS) is 10.8. The van der Waals surface area contributed by atoms with Crippen molar-refractivity contribution in [1.29, 1.82) is 0 Å². The zero-order valence-corrected chi connectivity index (χ0v) is 11.6. The van der Waals surface area contributed by atoms with Crippen molar-refractivity contribution in [2.45, 2.75) is 0 Å². The van der Waals surface area contributed by atoms with Crippen molar-refractivity contribution in [2.75, 3.05) is 5.32 Å². The molecule has 0 spiro atoms. The number of rotatable bonds is 2. The Kier molecular flexibility index (Phi) is 3.22. The Balaban J connectivity index is 2.13. The van der Waals surface area contributed by atoms with Crippen molar-refractivity contribution < 1.29 is 9.18 Å². The number of halogens is 1. The third-order valence-corrected chi connectivity index (χ3v) is 3.58. The molecule has 0 aliphatic rings. The summed E-state index contributed by atoms with van der Waals surface area (Å²) in [7, 11) is 1.68. The molecule has 106 valence electrons. The fourth-order valence-electron chi connectivity index (χ4n) is 2.02. The van der Waals surface area contributed by atoms with E-state index in [1.165, 1.54) is 23.8 Å². The van der Waals surface area contributed by atoms with Crippen LogP contribution >= 0.6 is 11.3 Å². The van der Waals surface area contributed by atoms with Crippen LogP contribution in [0.5, 0.6) is 0 Å². The first-order chi connectivity index (χ1) is 10.1. The smallest absolute Gasteiger partial charge is 0.262 e. The number of fused-ring (bicyclic) bond motifs is 1. The lowest BCUT2D eigenvalue weighted by atomic mass is 10.1. The van der Waals surface area contributed by atoms with E-state index in [4.69, 9.17) is 0 Å². The first-order valence-electron chi connectivity index (χ1n) is 5.92. The number of hydrogen-bond acceptors (Lipinski definition) is 5. The van der Waals surface area contributed by atoms with E-state index < -0.39 is 17.2 Å². The number of nitrogens with one attached hydrogen (secondary N) is 1. The van der Waals surface area contributed by atoms with Crippen LogP contribution in [0, 0.1) is 5.82 Å². The quantitative estimate of drug-likeness (QED) is 0.783. The van der Waals surface area contributed by atoms with Crippen molar-refractivity contribution in [1.82, 2.24) is 14.8 Å². The zero-order chi connectivity index (χ0) is 15.0. The molecule has 0 saturated carbocycles. The third kappa shape index (κ3) is 2.40. The van der Waals surface area contributed by atoms with E-state index in [0.717, 1.165) is 17.4 Å². The molecular formula is C13H9FN4O2S. The molecule has 3 rings (SSSR count). The molecule has 1 amide bonds. The lowest BCUT2D eigenvalue weighted by Crippen LogP contribution is -2.23. The van der Waals surface area contributed by atoms with Gasteiger partial charge >= 0.3 is 0 Å². The topological polar surface area (TPSA) is 76.9 Å². The van der Waals surface area contributed by atoms with E-state index in [-0.39, 0.29) is 10.9 Å². The summed E-state index contributed by atoms with van der Waals surface area (Å²) in [5, 5.41) is 10.2. The van der Waals surface area contributed by atoms with Gasteiger partial charge in [0.25, 0.3) is 5.91 Å². The van der Waals surface area contributed by atoms with Gasteiger partial charge in [0.05, 0.1) is 5.52 Å². The van der Waals surface area contributed by atoms with Gasteiger partial charge in [-0.25, -0.2) is 4.39 Å². The van der Waals surface area contributed by atoms with Crippen LogP contribution in [0.2, 0.25) is 0 Å². The highest BCUT2D eigenvalue weighted by Gasteiger charge is 2.16. The average Bonchev–Trinajstić information content (AvgIpc) is 2.95. The lowest BCUT2D eigenvalue weighted by Gasteiger charge is -2.08. The van der Waals surface area contributed by atoms with Gasteiger partial charge in [-0.2, -0.15) is 0 Å². The van der Waals surface area contributed by atoms with Gasteiger partial charge in [0, 0.05) is 18.6 Å².